The molecule has 1 aromatic heterocycles. The summed E-state index contributed by atoms with van der Waals surface area (Å²) in [5, 5.41) is 4.19. The smallest absolute Gasteiger partial charge is 0.335 e. The molecule has 0 aliphatic carbocycles. The summed E-state index contributed by atoms with van der Waals surface area (Å²) in [4.78, 5) is 4.05. The molecular weight excluding hydrogens is 204 g/mol. The number of nitrogens with two attached hydrogens (primary N) is 1. The number of benzene rings is 1. The number of anilines is 1. The lowest BCUT2D eigenvalue weighted by atomic mass is 10.3. The highest BCUT2D eigenvalue weighted by molar-refractivity contribution is 5.44. The van der Waals surface area contributed by atoms with Crippen molar-refractivity contribution in [3.05, 3.63) is 30.6 Å². The van der Waals surface area contributed by atoms with Gasteiger partial charge in [-0.25, -0.2) is 4.68 Å². The van der Waals surface area contributed by atoms with Crippen LogP contribution < -0.4 is 10.5 Å². The molecule has 0 atom stereocenters. The first-order chi connectivity index (χ1) is 7.79. The first-order valence-corrected chi connectivity index (χ1v) is 5.20. The van der Waals surface area contributed by atoms with E-state index in [0.29, 0.717) is 12.6 Å². The van der Waals surface area contributed by atoms with Crippen LogP contribution in [0, 0.1) is 0 Å². The van der Waals surface area contributed by atoms with Gasteiger partial charge in [0.25, 0.3) is 0 Å². The van der Waals surface area contributed by atoms with Gasteiger partial charge in [-0.05, 0) is 30.7 Å². The van der Waals surface area contributed by atoms with Crippen LogP contribution in [0.4, 0.5) is 5.69 Å². The van der Waals surface area contributed by atoms with E-state index in [1.165, 1.54) is 0 Å². The number of rotatable bonds is 4. The van der Waals surface area contributed by atoms with Crippen molar-refractivity contribution in [2.45, 2.75) is 13.3 Å². The molecule has 16 heavy (non-hydrogen) atoms. The Morgan fingerprint density at radius 1 is 1.31 bits per heavy atom. The maximum Gasteiger partial charge on any atom is 0.335 e. The van der Waals surface area contributed by atoms with Gasteiger partial charge >= 0.3 is 6.01 Å². The van der Waals surface area contributed by atoms with Crippen LogP contribution in [-0.2, 0) is 0 Å². The molecule has 1 heterocycles. The zero-order valence-electron chi connectivity index (χ0n) is 9.13. The quantitative estimate of drug-likeness (QED) is 0.792. The molecule has 0 unspecified atom stereocenters. The van der Waals surface area contributed by atoms with Gasteiger partial charge in [-0.15, -0.1) is 5.10 Å². The third-order valence-electron chi connectivity index (χ3n) is 2.06. The molecule has 2 rings (SSSR count). The molecule has 84 valence electrons. The molecule has 0 bridgehead atoms. The van der Waals surface area contributed by atoms with Gasteiger partial charge in [0, 0.05) is 5.69 Å². The molecule has 0 radical (unpaired) electrons. The molecule has 0 saturated carbocycles. The number of hydrogen-bond donors (Lipinski definition) is 1. The standard InChI is InChI=1S/C11H14N4O/c1-2-7-16-11-13-8-15(14-11)10-5-3-9(12)4-6-10/h3-6,8H,2,7,12H2,1H3. The highest BCUT2D eigenvalue weighted by atomic mass is 16.5. The predicted octanol–water partition coefficient (Wildman–Crippen LogP) is 1.64. The molecule has 0 amide bonds. The Labute approximate surface area is 93.9 Å². The fourth-order valence-corrected chi connectivity index (χ4v) is 1.26. The second kappa shape index (κ2) is 4.65. The molecule has 0 aliphatic rings. The maximum absolute atomic E-state index is 5.61. The predicted molar refractivity (Wildman–Crippen MR) is 61.6 cm³/mol. The molecule has 5 heteroatoms. The number of nitrogens with zero attached hydrogens (tertiary/aromatic N) is 3. The fourth-order valence-electron chi connectivity index (χ4n) is 1.26. The highest BCUT2D eigenvalue weighted by Gasteiger charge is 2.02. The number of ether oxygens (including phenoxy) is 1. The van der Waals surface area contributed by atoms with Gasteiger partial charge in [0.05, 0.1) is 12.3 Å². The van der Waals surface area contributed by atoms with Crippen LogP contribution in [0.15, 0.2) is 30.6 Å². The number of nitrogen functional groups attached to an aromatic ring is 1. The average molecular weight is 218 g/mol. The maximum atomic E-state index is 5.61. The first-order valence-electron chi connectivity index (χ1n) is 5.20. The molecule has 2 aromatic rings. The summed E-state index contributed by atoms with van der Waals surface area (Å²) < 4.78 is 6.97. The van der Waals surface area contributed by atoms with Crippen molar-refractivity contribution in [3.8, 4) is 11.7 Å². The third-order valence-corrected chi connectivity index (χ3v) is 2.06. The van der Waals surface area contributed by atoms with Crippen LogP contribution in [0.3, 0.4) is 0 Å². The molecule has 2 N–H and O–H groups in total. The Bertz CT molecular complexity index is 449. The summed E-state index contributed by atoms with van der Waals surface area (Å²) in [6.45, 7) is 2.67. The van der Waals surface area contributed by atoms with Crippen molar-refractivity contribution >= 4 is 5.69 Å². The van der Waals surface area contributed by atoms with Gasteiger partial charge in [0.15, 0.2) is 0 Å². The SMILES string of the molecule is CCCOc1ncn(-c2ccc(N)cc2)n1. The van der Waals surface area contributed by atoms with Crippen LogP contribution in [0.1, 0.15) is 13.3 Å². The van der Waals surface area contributed by atoms with Crippen LogP contribution >= 0.6 is 0 Å². The van der Waals surface area contributed by atoms with E-state index in [4.69, 9.17) is 10.5 Å². The minimum Gasteiger partial charge on any atom is -0.462 e. The van der Waals surface area contributed by atoms with E-state index in [1.807, 2.05) is 31.2 Å². The zero-order valence-corrected chi connectivity index (χ0v) is 9.13. The Kier molecular flexibility index (Phi) is 3.05. The van der Waals surface area contributed by atoms with E-state index in [1.54, 1.807) is 11.0 Å². The summed E-state index contributed by atoms with van der Waals surface area (Å²) in [7, 11) is 0. The van der Waals surface area contributed by atoms with Crippen molar-refractivity contribution in [2.24, 2.45) is 0 Å². The van der Waals surface area contributed by atoms with E-state index in [9.17, 15) is 0 Å². The molecule has 0 saturated heterocycles. The van der Waals surface area contributed by atoms with Crippen molar-refractivity contribution in [2.75, 3.05) is 12.3 Å². The van der Waals surface area contributed by atoms with Gasteiger partial charge in [-0.1, -0.05) is 6.92 Å². The van der Waals surface area contributed by atoms with Crippen LogP contribution in [0.5, 0.6) is 6.01 Å². The van der Waals surface area contributed by atoms with E-state index in [2.05, 4.69) is 10.1 Å². The summed E-state index contributed by atoms with van der Waals surface area (Å²) in [6.07, 6.45) is 2.56. The normalized spacial score (nSPS) is 10.3. The summed E-state index contributed by atoms with van der Waals surface area (Å²) in [5.74, 6) is 0. The lowest BCUT2D eigenvalue weighted by Gasteiger charge is -2.00. The molecule has 5 nitrogen and oxygen atoms in total. The van der Waals surface area contributed by atoms with E-state index >= 15 is 0 Å². The average Bonchev–Trinajstić information content (AvgIpc) is 2.76. The second-order valence-corrected chi connectivity index (χ2v) is 3.41. The van der Waals surface area contributed by atoms with Crippen molar-refractivity contribution < 1.29 is 4.74 Å². The molecule has 1 aromatic carbocycles. The van der Waals surface area contributed by atoms with Crippen molar-refractivity contribution in [1.82, 2.24) is 14.8 Å². The molecular formula is C11H14N4O. The van der Waals surface area contributed by atoms with Crippen LogP contribution in [-0.4, -0.2) is 21.4 Å². The Morgan fingerprint density at radius 3 is 2.75 bits per heavy atom. The topological polar surface area (TPSA) is 66.0 Å². The van der Waals surface area contributed by atoms with Crippen LogP contribution in [0.25, 0.3) is 5.69 Å². The number of hydrogen-bond acceptors (Lipinski definition) is 4. The Morgan fingerprint density at radius 2 is 2.06 bits per heavy atom. The third kappa shape index (κ3) is 2.31. The summed E-state index contributed by atoms with van der Waals surface area (Å²) >= 11 is 0. The van der Waals surface area contributed by atoms with Crippen molar-refractivity contribution in [3.63, 3.8) is 0 Å². The number of aromatic nitrogens is 3. The Hall–Kier alpha value is -2.04. The molecule has 0 spiro atoms. The zero-order chi connectivity index (χ0) is 11.4. The largest absolute Gasteiger partial charge is 0.462 e. The summed E-state index contributed by atoms with van der Waals surface area (Å²) in [5.41, 5.74) is 7.24. The van der Waals surface area contributed by atoms with E-state index in [-0.39, 0.29) is 0 Å². The lowest BCUT2D eigenvalue weighted by Crippen LogP contribution is -1.99. The monoisotopic (exact) mass is 218 g/mol. The molecule has 0 aliphatic heterocycles. The molecule has 0 fully saturated rings. The van der Waals surface area contributed by atoms with Gasteiger partial charge in [-0.2, -0.15) is 4.98 Å². The Balaban J connectivity index is 2.15. The van der Waals surface area contributed by atoms with Crippen molar-refractivity contribution in [1.29, 1.82) is 0 Å². The van der Waals surface area contributed by atoms with E-state index in [0.717, 1.165) is 17.8 Å². The van der Waals surface area contributed by atoms with Crippen LogP contribution in [0.2, 0.25) is 0 Å². The van der Waals surface area contributed by atoms with Gasteiger partial charge in [0.1, 0.15) is 6.33 Å². The van der Waals surface area contributed by atoms with Gasteiger partial charge in [0.2, 0.25) is 0 Å². The first kappa shape index (κ1) is 10.5. The minimum absolute atomic E-state index is 0.402. The highest BCUT2D eigenvalue weighted by Crippen LogP contribution is 2.11. The summed E-state index contributed by atoms with van der Waals surface area (Å²) in [6, 6.07) is 7.81. The fraction of sp³-hybridized carbons (Fsp3) is 0.273. The van der Waals surface area contributed by atoms with E-state index < -0.39 is 0 Å². The van der Waals surface area contributed by atoms with Gasteiger partial charge < -0.3 is 10.5 Å². The lowest BCUT2D eigenvalue weighted by molar-refractivity contribution is 0.292. The van der Waals surface area contributed by atoms with Gasteiger partial charge in [-0.3, -0.25) is 0 Å². The minimum atomic E-state index is 0.402. The second-order valence-electron chi connectivity index (χ2n) is 3.41.